The second kappa shape index (κ2) is 8.98. The molecule has 0 radical (unpaired) electrons. The number of halogens is 5. The van der Waals surface area contributed by atoms with Gasteiger partial charge in [-0.25, -0.2) is 23.0 Å². The fourth-order valence-corrected chi connectivity index (χ4v) is 4.35. The number of alkyl halides is 3. The molecule has 0 spiro atoms. The first-order valence-corrected chi connectivity index (χ1v) is 11.6. The van der Waals surface area contributed by atoms with E-state index in [0.29, 0.717) is 4.68 Å². The summed E-state index contributed by atoms with van der Waals surface area (Å²) < 4.78 is 66.4. The first kappa shape index (κ1) is 25.0. The summed E-state index contributed by atoms with van der Waals surface area (Å²) in [7, 11) is -4.05. The lowest BCUT2D eigenvalue weighted by Crippen LogP contribution is -2.25. The third-order valence-electron chi connectivity index (χ3n) is 4.80. The van der Waals surface area contributed by atoms with Crippen LogP contribution in [0.1, 0.15) is 25.1 Å². The van der Waals surface area contributed by atoms with Gasteiger partial charge >= 0.3 is 12.1 Å². The zero-order valence-electron chi connectivity index (χ0n) is 16.8. The highest BCUT2D eigenvalue weighted by molar-refractivity contribution is 7.89. The predicted molar refractivity (Wildman–Crippen MR) is 116 cm³/mol. The second-order valence-electron chi connectivity index (χ2n) is 6.97. The van der Waals surface area contributed by atoms with Crippen LogP contribution in [-0.2, 0) is 21.0 Å². The van der Waals surface area contributed by atoms with E-state index < -0.39 is 39.5 Å². The van der Waals surface area contributed by atoms with E-state index in [-0.39, 0.29) is 38.2 Å². The highest BCUT2D eigenvalue weighted by Crippen LogP contribution is 2.46. The summed E-state index contributed by atoms with van der Waals surface area (Å²) in [5, 5.41) is 18.7. The zero-order chi connectivity index (χ0) is 24.7. The van der Waals surface area contributed by atoms with Gasteiger partial charge in [0.2, 0.25) is 10.0 Å². The minimum Gasteiger partial charge on any atom is -0.480 e. The van der Waals surface area contributed by atoms with Gasteiger partial charge in [0, 0.05) is 21.7 Å². The Kier molecular flexibility index (Phi) is 6.81. The molecule has 7 nitrogen and oxygen atoms in total. The Labute approximate surface area is 196 Å². The summed E-state index contributed by atoms with van der Waals surface area (Å²) in [6.45, 7) is 1.41. The summed E-state index contributed by atoms with van der Waals surface area (Å²) >= 11 is 12.1. The van der Waals surface area contributed by atoms with Gasteiger partial charge in [-0.3, -0.25) is 0 Å². The molecule has 1 unspecified atom stereocenters. The number of hydrogen-bond donors (Lipinski definition) is 2. The van der Waals surface area contributed by atoms with Crippen LogP contribution < -0.4 is 5.14 Å². The lowest BCUT2D eigenvalue weighted by Gasteiger charge is -2.17. The molecule has 0 saturated heterocycles. The van der Waals surface area contributed by atoms with Crippen molar-refractivity contribution in [2.75, 3.05) is 0 Å². The number of carboxylic acids is 1. The van der Waals surface area contributed by atoms with Crippen molar-refractivity contribution in [1.29, 1.82) is 0 Å². The van der Waals surface area contributed by atoms with E-state index in [1.54, 1.807) is 0 Å². The Bertz CT molecular complexity index is 1320. The van der Waals surface area contributed by atoms with Crippen LogP contribution in [0.25, 0.3) is 22.4 Å². The lowest BCUT2D eigenvalue weighted by molar-refractivity contribution is -0.149. The molecular formula is C20H16Cl2F3N3O4S. The molecule has 0 aliphatic heterocycles. The Morgan fingerprint density at radius 2 is 1.79 bits per heavy atom. The minimum absolute atomic E-state index is 0.0783. The van der Waals surface area contributed by atoms with Gasteiger partial charge in [-0.1, -0.05) is 48.3 Å². The number of benzene rings is 2. The smallest absolute Gasteiger partial charge is 0.433 e. The van der Waals surface area contributed by atoms with Crippen LogP contribution in [0.15, 0.2) is 47.4 Å². The van der Waals surface area contributed by atoms with Crippen LogP contribution in [-0.4, -0.2) is 29.3 Å². The van der Waals surface area contributed by atoms with E-state index in [4.69, 9.17) is 28.3 Å². The summed E-state index contributed by atoms with van der Waals surface area (Å²) in [6.07, 6.45) is -5.19. The van der Waals surface area contributed by atoms with Gasteiger partial charge in [0.25, 0.3) is 0 Å². The van der Waals surface area contributed by atoms with E-state index in [9.17, 15) is 31.5 Å². The molecule has 0 aliphatic rings. The molecule has 0 fully saturated rings. The second-order valence-corrected chi connectivity index (χ2v) is 9.38. The number of primary sulfonamides is 1. The number of aromatic nitrogens is 2. The summed E-state index contributed by atoms with van der Waals surface area (Å²) in [5.74, 6) is -1.50. The van der Waals surface area contributed by atoms with E-state index >= 15 is 0 Å². The van der Waals surface area contributed by atoms with Crippen LogP contribution in [0.4, 0.5) is 13.2 Å². The van der Waals surface area contributed by atoms with Gasteiger partial charge in [-0.15, -0.1) is 0 Å². The third kappa shape index (κ3) is 5.01. The van der Waals surface area contributed by atoms with Crippen LogP contribution in [0.2, 0.25) is 10.0 Å². The van der Waals surface area contributed by atoms with E-state index in [0.717, 1.165) is 12.1 Å². The number of aliphatic carboxylic acids is 1. The molecule has 176 valence electrons. The average Bonchev–Trinajstić information content (AvgIpc) is 3.08. The molecule has 3 rings (SSSR count). The van der Waals surface area contributed by atoms with Gasteiger partial charge in [-0.05, 0) is 30.7 Å². The van der Waals surface area contributed by atoms with Crippen molar-refractivity contribution in [3.63, 3.8) is 0 Å². The molecule has 0 aliphatic carbocycles. The maximum absolute atomic E-state index is 14.3. The summed E-state index contributed by atoms with van der Waals surface area (Å²) in [5.41, 5.74) is -2.01. The first-order valence-electron chi connectivity index (χ1n) is 9.26. The van der Waals surface area contributed by atoms with Gasteiger partial charge in [0.15, 0.2) is 5.69 Å². The summed E-state index contributed by atoms with van der Waals surface area (Å²) in [6, 6.07) is 6.90. The molecule has 3 aromatic rings. The Hall–Kier alpha value is -2.60. The topological polar surface area (TPSA) is 115 Å². The molecule has 1 heterocycles. The number of carbonyl (C=O) groups is 1. The van der Waals surface area contributed by atoms with Gasteiger partial charge in [0.05, 0.1) is 9.92 Å². The summed E-state index contributed by atoms with van der Waals surface area (Å²) in [4.78, 5) is 11.5. The average molecular weight is 522 g/mol. The van der Waals surface area contributed by atoms with Crippen molar-refractivity contribution in [1.82, 2.24) is 9.78 Å². The molecule has 0 saturated carbocycles. The number of rotatable bonds is 6. The Morgan fingerprint density at radius 1 is 1.18 bits per heavy atom. The van der Waals surface area contributed by atoms with Crippen LogP contribution in [0.3, 0.4) is 0 Å². The van der Waals surface area contributed by atoms with Crippen LogP contribution >= 0.6 is 23.2 Å². The van der Waals surface area contributed by atoms with Gasteiger partial charge in [-0.2, -0.15) is 18.3 Å². The van der Waals surface area contributed by atoms with Crippen LogP contribution in [0, 0.1) is 0 Å². The van der Waals surface area contributed by atoms with Crippen molar-refractivity contribution in [3.8, 4) is 22.4 Å². The SMILES string of the molecule is CCC(C(=O)O)n1nc(-c2ccc(S(N)(=O)=O)cc2)c(-c2ccc(Cl)cc2Cl)c1C(F)(F)F. The van der Waals surface area contributed by atoms with Crippen molar-refractivity contribution >= 4 is 39.2 Å². The van der Waals surface area contributed by atoms with E-state index in [2.05, 4.69) is 5.10 Å². The monoisotopic (exact) mass is 521 g/mol. The predicted octanol–water partition coefficient (Wildman–Crippen LogP) is 5.23. The molecule has 0 amide bonds. The fraction of sp³-hybridized carbons (Fsp3) is 0.200. The molecule has 13 heteroatoms. The highest BCUT2D eigenvalue weighted by Gasteiger charge is 2.43. The normalized spacial score (nSPS) is 13.2. The number of sulfonamides is 1. The highest BCUT2D eigenvalue weighted by atomic mass is 35.5. The molecule has 0 bridgehead atoms. The third-order valence-corrected chi connectivity index (χ3v) is 6.28. The van der Waals surface area contributed by atoms with Crippen molar-refractivity contribution in [2.45, 2.75) is 30.5 Å². The van der Waals surface area contributed by atoms with Crippen LogP contribution in [0.5, 0.6) is 0 Å². The molecule has 3 N–H and O–H groups in total. The number of hydrogen-bond acceptors (Lipinski definition) is 4. The largest absolute Gasteiger partial charge is 0.480 e. The van der Waals surface area contributed by atoms with Crippen molar-refractivity contribution in [3.05, 3.63) is 58.2 Å². The first-order chi connectivity index (χ1) is 15.3. The molecule has 1 aromatic heterocycles. The number of nitrogens with two attached hydrogens (primary N) is 1. The number of nitrogens with zero attached hydrogens (tertiary/aromatic N) is 2. The zero-order valence-corrected chi connectivity index (χ0v) is 19.1. The lowest BCUT2D eigenvalue weighted by atomic mass is 9.98. The maximum atomic E-state index is 14.3. The van der Waals surface area contributed by atoms with Gasteiger partial charge < -0.3 is 5.11 Å². The quantitative estimate of drug-likeness (QED) is 0.461. The van der Waals surface area contributed by atoms with E-state index in [1.807, 2.05) is 0 Å². The molecule has 2 aromatic carbocycles. The Balaban J connectivity index is 2.43. The Morgan fingerprint density at radius 3 is 2.24 bits per heavy atom. The van der Waals surface area contributed by atoms with E-state index in [1.165, 1.54) is 37.3 Å². The number of carboxylic acid groups (broad SMARTS) is 1. The molecule has 1 atom stereocenters. The van der Waals surface area contributed by atoms with Crippen molar-refractivity contribution in [2.24, 2.45) is 5.14 Å². The van der Waals surface area contributed by atoms with Gasteiger partial charge in [0.1, 0.15) is 11.7 Å². The minimum atomic E-state index is -5.01. The standard InChI is InChI=1S/C20H16Cl2F3N3O4S/c1-2-15(19(29)30)28-18(20(23,24)25)16(13-8-5-11(21)9-14(13)22)17(27-28)10-3-6-12(7-4-10)33(26,31)32/h3-9,15H,2H2,1H3,(H,29,30)(H2,26,31,32). The fourth-order valence-electron chi connectivity index (χ4n) is 3.34. The molecular weight excluding hydrogens is 506 g/mol. The molecule has 33 heavy (non-hydrogen) atoms. The van der Waals surface area contributed by atoms with Crippen molar-refractivity contribution < 1.29 is 31.5 Å². The maximum Gasteiger partial charge on any atom is 0.433 e.